The van der Waals surface area contributed by atoms with E-state index in [-0.39, 0.29) is 13.0 Å². The lowest BCUT2D eigenvalue weighted by molar-refractivity contribution is -0.136. The highest BCUT2D eigenvalue weighted by molar-refractivity contribution is 5.90. The van der Waals surface area contributed by atoms with Crippen molar-refractivity contribution in [1.29, 1.82) is 0 Å². The first kappa shape index (κ1) is 11.4. The number of esters is 1. The number of hydrogen-bond donors (Lipinski definition) is 0. The van der Waals surface area contributed by atoms with Gasteiger partial charge in [0.2, 0.25) is 0 Å². The van der Waals surface area contributed by atoms with Gasteiger partial charge in [-0.3, -0.25) is 4.79 Å². The maximum Gasteiger partial charge on any atom is 0.433 e. The molecule has 0 atom stereocenters. The first-order valence-electron chi connectivity index (χ1n) is 3.70. The van der Waals surface area contributed by atoms with Gasteiger partial charge < -0.3 is 9.47 Å². The number of carbonyl (C=O) groups excluding carboxylic acids is 2. The number of aliphatic imine (C=N–C) groups is 1. The quantitative estimate of drug-likeness (QED) is 0.376. The molecule has 0 aliphatic rings. The second-order valence-corrected chi connectivity index (χ2v) is 1.87. The molecule has 0 unspecified atom stereocenters. The minimum absolute atomic E-state index is 0.0785. The molecule has 0 saturated carbocycles. The van der Waals surface area contributed by atoms with Crippen LogP contribution in [0.4, 0.5) is 4.79 Å². The minimum Gasteiger partial charge on any atom is -0.448 e. The van der Waals surface area contributed by atoms with Crippen LogP contribution in [0.25, 0.3) is 0 Å². The number of hydrogen-bond acceptors (Lipinski definition) is 4. The van der Waals surface area contributed by atoms with Crippen molar-refractivity contribution < 1.29 is 19.1 Å². The summed E-state index contributed by atoms with van der Waals surface area (Å²) in [4.78, 5) is 24.6. The average molecular weight is 185 g/mol. The number of amides is 1. The lowest BCUT2D eigenvalue weighted by Gasteiger charge is -1.94. The Morgan fingerprint density at radius 2 is 2.23 bits per heavy atom. The topological polar surface area (TPSA) is 65.0 Å². The monoisotopic (exact) mass is 185 g/mol. The van der Waals surface area contributed by atoms with Gasteiger partial charge in [-0.15, -0.1) is 0 Å². The fourth-order valence-electron chi connectivity index (χ4n) is 0.497. The van der Waals surface area contributed by atoms with Gasteiger partial charge in [0.25, 0.3) is 0 Å². The molecule has 0 aliphatic carbocycles. The molecule has 0 fully saturated rings. The van der Waals surface area contributed by atoms with Crippen molar-refractivity contribution in [3.8, 4) is 0 Å². The third kappa shape index (κ3) is 6.74. The van der Waals surface area contributed by atoms with E-state index in [1.165, 1.54) is 0 Å². The molecule has 0 radical (unpaired) electrons. The smallest absolute Gasteiger partial charge is 0.433 e. The van der Waals surface area contributed by atoms with Crippen LogP contribution < -0.4 is 0 Å². The van der Waals surface area contributed by atoms with Gasteiger partial charge >= 0.3 is 12.1 Å². The average Bonchev–Trinajstić information content (AvgIpc) is 2.05. The maximum absolute atomic E-state index is 10.6. The summed E-state index contributed by atoms with van der Waals surface area (Å²) in [5.74, 6) is -0.525. The van der Waals surface area contributed by atoms with Gasteiger partial charge in [0.15, 0.2) is 0 Å². The van der Waals surface area contributed by atoms with E-state index in [9.17, 15) is 9.59 Å². The van der Waals surface area contributed by atoms with Gasteiger partial charge in [0.1, 0.15) is 0 Å². The second-order valence-electron chi connectivity index (χ2n) is 1.87. The van der Waals surface area contributed by atoms with Gasteiger partial charge in [-0.2, -0.15) is 4.99 Å². The fourth-order valence-corrected chi connectivity index (χ4v) is 0.497. The number of rotatable bonds is 4. The molecule has 5 nitrogen and oxygen atoms in total. The molecule has 5 heteroatoms. The van der Waals surface area contributed by atoms with E-state index in [4.69, 9.17) is 0 Å². The minimum atomic E-state index is -0.714. The van der Waals surface area contributed by atoms with E-state index >= 15 is 0 Å². The van der Waals surface area contributed by atoms with E-state index in [1.807, 2.05) is 0 Å². The molecular weight excluding hydrogens is 174 g/mol. The van der Waals surface area contributed by atoms with Crippen molar-refractivity contribution in [2.45, 2.75) is 13.3 Å². The van der Waals surface area contributed by atoms with Crippen molar-refractivity contribution in [1.82, 2.24) is 0 Å². The Balaban J connectivity index is 3.67. The van der Waals surface area contributed by atoms with Crippen LogP contribution in [0.5, 0.6) is 0 Å². The normalized spacial score (nSPS) is 9.62. The third-order valence-electron chi connectivity index (χ3n) is 0.937. The van der Waals surface area contributed by atoms with E-state index in [0.717, 1.165) is 12.5 Å². The van der Waals surface area contributed by atoms with Crippen LogP contribution in [0.2, 0.25) is 0 Å². The molecule has 0 aromatic heterocycles. The van der Waals surface area contributed by atoms with Crippen molar-refractivity contribution in [3.63, 3.8) is 0 Å². The van der Waals surface area contributed by atoms with Crippen LogP contribution in [0.3, 0.4) is 0 Å². The van der Waals surface area contributed by atoms with E-state index < -0.39 is 12.1 Å². The van der Waals surface area contributed by atoms with Crippen LogP contribution >= 0.6 is 0 Å². The Bertz CT molecular complexity index is 222. The zero-order valence-corrected chi connectivity index (χ0v) is 7.36. The Morgan fingerprint density at radius 1 is 1.54 bits per heavy atom. The van der Waals surface area contributed by atoms with Crippen molar-refractivity contribution in [3.05, 3.63) is 12.8 Å². The first-order chi connectivity index (χ1) is 6.20. The van der Waals surface area contributed by atoms with Crippen molar-refractivity contribution in [2.24, 2.45) is 4.99 Å². The van der Waals surface area contributed by atoms with E-state index in [2.05, 4.69) is 21.0 Å². The molecule has 72 valence electrons. The molecule has 0 heterocycles. The number of ether oxygens (including phenoxy) is 2. The SMILES string of the molecule is C=COC(=O)CC=NC(=O)OCC. The predicted octanol–water partition coefficient (Wildman–Crippen LogP) is 1.29. The maximum atomic E-state index is 10.6. The summed E-state index contributed by atoms with van der Waals surface area (Å²) in [6.07, 6.45) is 1.35. The fraction of sp³-hybridized carbons (Fsp3) is 0.375. The summed E-state index contributed by atoms with van der Waals surface area (Å²) in [5.41, 5.74) is 0. The molecule has 1 amide bonds. The molecule has 13 heavy (non-hydrogen) atoms. The lowest BCUT2D eigenvalue weighted by Crippen LogP contribution is -2.02. The van der Waals surface area contributed by atoms with Gasteiger partial charge in [-0.25, -0.2) is 4.79 Å². The molecule has 0 rings (SSSR count). The van der Waals surface area contributed by atoms with Crippen LogP contribution in [-0.4, -0.2) is 24.9 Å². The highest BCUT2D eigenvalue weighted by Gasteiger charge is 1.98. The standard InChI is InChI=1S/C8H11NO4/c1-3-12-7(10)5-6-9-8(11)13-4-2/h3,6H,1,4-5H2,2H3. The molecule has 0 spiro atoms. The first-order valence-corrected chi connectivity index (χ1v) is 3.70. The van der Waals surface area contributed by atoms with E-state index in [1.54, 1.807) is 6.92 Å². The Hall–Kier alpha value is -1.65. The highest BCUT2D eigenvalue weighted by Crippen LogP contribution is 1.86. The zero-order chi connectivity index (χ0) is 10.1. The Labute approximate surface area is 76.0 Å². The third-order valence-corrected chi connectivity index (χ3v) is 0.937. The zero-order valence-electron chi connectivity index (χ0n) is 7.36. The summed E-state index contributed by atoms with van der Waals surface area (Å²) in [7, 11) is 0. The summed E-state index contributed by atoms with van der Waals surface area (Å²) < 4.78 is 8.84. The highest BCUT2D eigenvalue weighted by atomic mass is 16.5. The summed E-state index contributed by atoms with van der Waals surface area (Å²) >= 11 is 0. The van der Waals surface area contributed by atoms with Crippen LogP contribution in [0.1, 0.15) is 13.3 Å². The van der Waals surface area contributed by atoms with Gasteiger partial charge in [0, 0.05) is 6.21 Å². The molecule has 0 N–H and O–H groups in total. The number of carbonyl (C=O) groups is 2. The van der Waals surface area contributed by atoms with Crippen LogP contribution in [-0.2, 0) is 14.3 Å². The van der Waals surface area contributed by atoms with Crippen LogP contribution in [0.15, 0.2) is 17.8 Å². The second kappa shape index (κ2) is 7.02. The van der Waals surface area contributed by atoms with Gasteiger partial charge in [0.05, 0.1) is 19.3 Å². The molecule has 0 saturated heterocycles. The molecular formula is C8H11NO4. The molecule has 0 aromatic rings. The number of nitrogens with zero attached hydrogens (tertiary/aromatic N) is 1. The Kier molecular flexibility index (Phi) is 6.13. The largest absolute Gasteiger partial charge is 0.448 e. The summed E-state index contributed by atoms with van der Waals surface area (Å²) in [5, 5.41) is 0. The van der Waals surface area contributed by atoms with Crippen LogP contribution in [0, 0.1) is 0 Å². The summed E-state index contributed by atoms with van der Waals surface area (Å²) in [6.45, 7) is 5.12. The predicted molar refractivity (Wildman–Crippen MR) is 46.4 cm³/mol. The van der Waals surface area contributed by atoms with Crippen molar-refractivity contribution in [2.75, 3.05) is 6.61 Å². The molecule has 0 aliphatic heterocycles. The van der Waals surface area contributed by atoms with E-state index in [0.29, 0.717) is 0 Å². The molecule has 0 aromatic carbocycles. The van der Waals surface area contributed by atoms with Gasteiger partial charge in [-0.05, 0) is 6.92 Å². The Morgan fingerprint density at radius 3 is 2.77 bits per heavy atom. The van der Waals surface area contributed by atoms with Gasteiger partial charge in [-0.1, -0.05) is 6.58 Å². The lowest BCUT2D eigenvalue weighted by atomic mass is 10.5. The summed E-state index contributed by atoms with van der Waals surface area (Å²) in [6, 6.07) is 0. The van der Waals surface area contributed by atoms with Crippen molar-refractivity contribution >= 4 is 18.3 Å². The molecule has 0 bridgehead atoms.